The third kappa shape index (κ3) is 4.98. The number of hydrogen-bond donors (Lipinski definition) is 2. The Morgan fingerprint density at radius 2 is 2.02 bits per heavy atom. The molecule has 2 atom stereocenters. The number of aliphatic hydroxyl groups is 1. The van der Waals surface area contributed by atoms with Crippen LogP contribution in [-0.4, -0.2) is 70.6 Å². The van der Waals surface area contributed by atoms with Gasteiger partial charge in [0.1, 0.15) is 41.0 Å². The first kappa shape index (κ1) is 30.8. The molecule has 2 aliphatic heterocycles. The fourth-order valence-electron chi connectivity index (χ4n) is 7.07. The van der Waals surface area contributed by atoms with Crippen LogP contribution in [0.1, 0.15) is 43.2 Å². The van der Waals surface area contributed by atoms with Crippen molar-refractivity contribution in [3.63, 3.8) is 0 Å². The van der Waals surface area contributed by atoms with Crippen LogP contribution >= 0.6 is 11.3 Å². The highest BCUT2D eigenvalue weighted by Gasteiger charge is 2.49. The number of benzene rings is 2. The van der Waals surface area contributed by atoms with Crippen LogP contribution in [0.5, 0.6) is 6.01 Å². The quantitative estimate of drug-likeness (QED) is 0.215. The Balaban J connectivity index is 1.47. The van der Waals surface area contributed by atoms with E-state index in [1.807, 2.05) is 11.0 Å². The fourth-order valence-corrected chi connectivity index (χ4v) is 8.02. The molecule has 0 amide bonds. The number of ether oxygens (including phenoxy) is 1. The fraction of sp³-hybridized carbons (Fsp3) is 0.452. The first-order valence-corrected chi connectivity index (χ1v) is 15.7. The molecule has 2 saturated heterocycles. The lowest BCUT2D eigenvalue weighted by Crippen LogP contribution is -2.43. The standard InChI is InChI=1S/C31H28F6N6O2S/c32-15-11-30(6-1-7-42(30)13-15)14-45-29-40-25-18(28(41-29)43(8-9-44)16-2-3-16)10-20(31(35,36)37)23(24(25)34)17-4-5-21(33)26-22(17)19(12-38)27(39)46-26/h4-5,10,15-16,44H,1-3,6-9,11,13-14,39H2. The molecular formula is C31H28F6N6O2S. The Morgan fingerprint density at radius 1 is 1.24 bits per heavy atom. The molecule has 46 heavy (non-hydrogen) atoms. The van der Waals surface area contributed by atoms with Crippen molar-refractivity contribution in [3.05, 3.63) is 41.0 Å². The summed E-state index contributed by atoms with van der Waals surface area (Å²) in [4.78, 5) is 12.4. The summed E-state index contributed by atoms with van der Waals surface area (Å²) in [5.74, 6) is -2.23. The van der Waals surface area contributed by atoms with E-state index in [9.17, 15) is 32.3 Å². The molecule has 1 saturated carbocycles. The molecule has 3 aliphatic rings. The molecule has 0 bridgehead atoms. The van der Waals surface area contributed by atoms with Crippen LogP contribution in [0.3, 0.4) is 0 Å². The van der Waals surface area contributed by atoms with Crippen molar-refractivity contribution in [2.24, 2.45) is 0 Å². The highest BCUT2D eigenvalue weighted by Crippen LogP contribution is 2.49. The average molecular weight is 663 g/mol. The summed E-state index contributed by atoms with van der Waals surface area (Å²) < 4.78 is 96.4. The van der Waals surface area contributed by atoms with Gasteiger partial charge in [0.25, 0.3) is 0 Å². The minimum Gasteiger partial charge on any atom is -0.461 e. The summed E-state index contributed by atoms with van der Waals surface area (Å²) >= 11 is 0.682. The summed E-state index contributed by atoms with van der Waals surface area (Å²) in [5.41, 5.74) is 1.90. The number of anilines is 2. The van der Waals surface area contributed by atoms with E-state index in [0.29, 0.717) is 37.1 Å². The van der Waals surface area contributed by atoms with Gasteiger partial charge in [-0.15, -0.1) is 11.3 Å². The monoisotopic (exact) mass is 662 g/mol. The predicted octanol–water partition coefficient (Wildman–Crippen LogP) is 6.18. The second kappa shape index (κ2) is 11.1. The predicted molar refractivity (Wildman–Crippen MR) is 160 cm³/mol. The molecule has 8 nitrogen and oxygen atoms in total. The number of thiophene rings is 1. The normalized spacial score (nSPS) is 21.7. The molecule has 0 radical (unpaired) electrons. The summed E-state index contributed by atoms with van der Waals surface area (Å²) in [6.07, 6.45) is -3.00. The van der Waals surface area contributed by atoms with Gasteiger partial charge in [-0.3, -0.25) is 4.90 Å². The maximum absolute atomic E-state index is 16.9. The van der Waals surface area contributed by atoms with Gasteiger partial charge in [0.05, 0.1) is 28.0 Å². The number of alkyl halides is 4. The van der Waals surface area contributed by atoms with Crippen LogP contribution in [0.2, 0.25) is 0 Å². The highest BCUT2D eigenvalue weighted by atomic mass is 32.1. The van der Waals surface area contributed by atoms with E-state index >= 15 is 4.39 Å². The number of nitrogens with two attached hydrogens (primary N) is 1. The van der Waals surface area contributed by atoms with Crippen LogP contribution < -0.4 is 15.4 Å². The van der Waals surface area contributed by atoms with Crippen molar-refractivity contribution in [2.75, 3.05) is 43.5 Å². The van der Waals surface area contributed by atoms with Crippen LogP contribution in [0, 0.1) is 23.0 Å². The van der Waals surface area contributed by atoms with Gasteiger partial charge < -0.3 is 20.5 Å². The van der Waals surface area contributed by atoms with Gasteiger partial charge in [0, 0.05) is 41.9 Å². The van der Waals surface area contributed by atoms with Gasteiger partial charge in [0.2, 0.25) is 0 Å². The minimum absolute atomic E-state index is 0.00476. The largest absolute Gasteiger partial charge is 0.461 e. The zero-order valence-corrected chi connectivity index (χ0v) is 25.1. The number of aliphatic hydroxyl groups excluding tert-OH is 1. The maximum atomic E-state index is 16.9. The van der Waals surface area contributed by atoms with E-state index in [1.165, 1.54) is 0 Å². The molecule has 4 aromatic rings. The number of aromatic nitrogens is 2. The van der Waals surface area contributed by atoms with E-state index in [0.717, 1.165) is 24.6 Å². The van der Waals surface area contributed by atoms with Gasteiger partial charge >= 0.3 is 12.2 Å². The Labute approximate surface area is 263 Å². The smallest absolute Gasteiger partial charge is 0.417 e. The van der Waals surface area contributed by atoms with Crippen LogP contribution in [-0.2, 0) is 6.18 Å². The molecule has 0 spiro atoms. The first-order valence-electron chi connectivity index (χ1n) is 14.9. The summed E-state index contributed by atoms with van der Waals surface area (Å²) in [5, 5.41) is 19.0. The van der Waals surface area contributed by atoms with E-state index in [2.05, 4.69) is 9.97 Å². The molecule has 242 valence electrons. The molecule has 3 fully saturated rings. The SMILES string of the molecule is N#Cc1c(N)sc2c(F)ccc(-c3c(C(F)(F)F)cc4c(N(CCO)C5CC5)nc(OCC56CCCN5CC(F)C6)nc4c3F)c12. The Kier molecular flexibility index (Phi) is 7.45. The number of nitriles is 1. The van der Waals surface area contributed by atoms with Crippen LogP contribution in [0.15, 0.2) is 18.2 Å². The zero-order chi connectivity index (χ0) is 32.5. The maximum Gasteiger partial charge on any atom is 0.417 e. The van der Waals surface area contributed by atoms with Gasteiger partial charge in [-0.1, -0.05) is 6.07 Å². The van der Waals surface area contributed by atoms with Crippen molar-refractivity contribution in [3.8, 4) is 23.2 Å². The molecule has 3 N–H and O–H groups in total. The first-order chi connectivity index (χ1) is 22.0. The molecule has 1 aliphatic carbocycles. The molecule has 4 heterocycles. The van der Waals surface area contributed by atoms with Gasteiger partial charge in [-0.05, 0) is 49.9 Å². The number of rotatable bonds is 8. The molecule has 2 aromatic carbocycles. The van der Waals surface area contributed by atoms with Gasteiger partial charge in [-0.25, -0.2) is 13.2 Å². The lowest BCUT2D eigenvalue weighted by molar-refractivity contribution is -0.137. The number of hydrogen-bond acceptors (Lipinski definition) is 9. The topological polar surface area (TPSA) is 112 Å². The Hall–Kier alpha value is -3.87. The van der Waals surface area contributed by atoms with Crippen molar-refractivity contribution in [1.29, 1.82) is 5.26 Å². The molecule has 2 aromatic heterocycles. The second-order valence-corrected chi connectivity index (χ2v) is 13.2. The third-order valence-electron chi connectivity index (χ3n) is 9.23. The highest BCUT2D eigenvalue weighted by molar-refractivity contribution is 7.23. The van der Waals surface area contributed by atoms with Crippen LogP contribution in [0.4, 0.5) is 37.2 Å². The van der Waals surface area contributed by atoms with Crippen LogP contribution in [0.25, 0.3) is 32.1 Å². The molecule has 7 rings (SSSR count). The summed E-state index contributed by atoms with van der Waals surface area (Å²) in [6, 6.07) is 4.00. The van der Waals surface area contributed by atoms with Gasteiger partial charge in [0.15, 0.2) is 5.82 Å². The van der Waals surface area contributed by atoms with E-state index < -0.39 is 46.2 Å². The number of halogens is 6. The second-order valence-electron chi connectivity index (χ2n) is 12.1. The Bertz CT molecular complexity index is 1910. The lowest BCUT2D eigenvalue weighted by atomic mass is 9.92. The average Bonchev–Trinajstić information content (AvgIpc) is 3.58. The van der Waals surface area contributed by atoms with E-state index in [4.69, 9.17) is 10.5 Å². The van der Waals surface area contributed by atoms with E-state index in [1.54, 1.807) is 4.90 Å². The van der Waals surface area contributed by atoms with E-state index in [-0.39, 0.29) is 82.2 Å². The number of nitrogens with zero attached hydrogens (tertiary/aromatic N) is 5. The van der Waals surface area contributed by atoms with Crippen molar-refractivity contribution >= 4 is 43.1 Å². The molecular weight excluding hydrogens is 634 g/mol. The summed E-state index contributed by atoms with van der Waals surface area (Å²) in [6.45, 7) is 0.629. The van der Waals surface area contributed by atoms with Gasteiger partial charge in [-0.2, -0.15) is 28.4 Å². The molecule has 15 heteroatoms. The Morgan fingerprint density at radius 3 is 2.72 bits per heavy atom. The minimum atomic E-state index is -5.09. The molecule has 2 unspecified atom stereocenters. The third-order valence-corrected chi connectivity index (χ3v) is 10.3. The van der Waals surface area contributed by atoms with Crippen molar-refractivity contribution < 1.29 is 36.2 Å². The summed E-state index contributed by atoms with van der Waals surface area (Å²) in [7, 11) is 0. The number of nitrogen functional groups attached to an aromatic ring is 1. The number of fused-ring (bicyclic) bond motifs is 3. The van der Waals surface area contributed by atoms with Crippen molar-refractivity contribution in [2.45, 2.75) is 56.0 Å². The lowest BCUT2D eigenvalue weighted by Gasteiger charge is -2.31. The zero-order valence-electron chi connectivity index (χ0n) is 24.3. The van der Waals surface area contributed by atoms with Crippen molar-refractivity contribution in [1.82, 2.24) is 14.9 Å².